The van der Waals surface area contributed by atoms with Crippen molar-refractivity contribution < 1.29 is 14.0 Å². The van der Waals surface area contributed by atoms with Crippen molar-refractivity contribution in [2.75, 3.05) is 10.6 Å². The number of furan rings is 1. The first-order chi connectivity index (χ1) is 12.4. The minimum Gasteiger partial charge on any atom is -0.459 e. The topological polar surface area (TPSA) is 83.4 Å². The second-order valence-electron chi connectivity index (χ2n) is 6.22. The molecule has 3 amide bonds. The molecule has 1 aromatic heterocycles. The van der Waals surface area contributed by atoms with Crippen molar-refractivity contribution in [2.24, 2.45) is 0 Å². The predicted molar refractivity (Wildman–Crippen MR) is 102 cm³/mol. The highest BCUT2D eigenvalue weighted by atomic mass is 16.3. The molecule has 3 rings (SSSR count). The summed E-state index contributed by atoms with van der Waals surface area (Å²) >= 11 is 0. The van der Waals surface area contributed by atoms with Crippen molar-refractivity contribution >= 4 is 34.3 Å². The van der Waals surface area contributed by atoms with Gasteiger partial charge in [-0.1, -0.05) is 24.3 Å². The number of anilines is 2. The van der Waals surface area contributed by atoms with Crippen molar-refractivity contribution in [3.63, 3.8) is 0 Å². The molecule has 3 aromatic rings. The summed E-state index contributed by atoms with van der Waals surface area (Å²) in [5.41, 5.74) is 2.96. The second-order valence-corrected chi connectivity index (χ2v) is 6.22. The summed E-state index contributed by atoms with van der Waals surface area (Å²) in [6, 6.07) is 14.3. The monoisotopic (exact) mass is 351 g/mol. The van der Waals surface area contributed by atoms with Crippen LogP contribution in [0.4, 0.5) is 16.2 Å². The highest BCUT2D eigenvalue weighted by Crippen LogP contribution is 2.24. The average molecular weight is 351 g/mol. The summed E-state index contributed by atoms with van der Waals surface area (Å²) in [5, 5.41) is 9.36. The van der Waals surface area contributed by atoms with Gasteiger partial charge < -0.3 is 20.4 Å². The van der Waals surface area contributed by atoms with E-state index in [1.54, 1.807) is 12.1 Å². The van der Waals surface area contributed by atoms with Crippen LogP contribution in [0.25, 0.3) is 11.0 Å². The van der Waals surface area contributed by atoms with Crippen LogP contribution in [-0.4, -0.2) is 11.9 Å². The summed E-state index contributed by atoms with van der Waals surface area (Å²) < 4.78 is 5.77. The van der Waals surface area contributed by atoms with Crippen molar-refractivity contribution in [1.82, 2.24) is 5.32 Å². The number of fused-ring (bicyclic) bond motifs is 1. The number of urea groups is 1. The Morgan fingerprint density at radius 3 is 2.54 bits per heavy atom. The van der Waals surface area contributed by atoms with Gasteiger partial charge in [0.1, 0.15) is 11.3 Å². The van der Waals surface area contributed by atoms with Gasteiger partial charge in [-0.05, 0) is 43.7 Å². The summed E-state index contributed by atoms with van der Waals surface area (Å²) in [6.07, 6.45) is 0. The Kier molecular flexibility index (Phi) is 4.93. The van der Waals surface area contributed by atoms with Crippen molar-refractivity contribution in [1.29, 1.82) is 0 Å². The SMILES string of the molecule is CC(=O)Nc1cc(NC(=O)N[C@@H](C)c2cc3ccccc3o2)ccc1C. The lowest BCUT2D eigenvalue weighted by Gasteiger charge is -2.14. The average Bonchev–Trinajstić information content (AvgIpc) is 3.01. The molecule has 6 heteroatoms. The maximum Gasteiger partial charge on any atom is 0.319 e. The van der Waals surface area contributed by atoms with Crippen molar-refractivity contribution in [3.8, 4) is 0 Å². The van der Waals surface area contributed by atoms with Gasteiger partial charge in [0.2, 0.25) is 5.91 Å². The van der Waals surface area contributed by atoms with Crippen molar-refractivity contribution in [2.45, 2.75) is 26.8 Å². The lowest BCUT2D eigenvalue weighted by atomic mass is 10.2. The van der Waals surface area contributed by atoms with Gasteiger partial charge >= 0.3 is 6.03 Å². The van der Waals surface area contributed by atoms with Gasteiger partial charge in [0.05, 0.1) is 6.04 Å². The predicted octanol–water partition coefficient (Wildman–Crippen LogP) is 4.58. The smallest absolute Gasteiger partial charge is 0.319 e. The molecule has 0 fully saturated rings. The Morgan fingerprint density at radius 1 is 1.04 bits per heavy atom. The van der Waals surface area contributed by atoms with E-state index in [2.05, 4.69) is 16.0 Å². The van der Waals surface area contributed by atoms with E-state index in [0.717, 1.165) is 16.5 Å². The molecule has 26 heavy (non-hydrogen) atoms. The van der Waals surface area contributed by atoms with E-state index in [9.17, 15) is 9.59 Å². The third-order valence-corrected chi connectivity index (χ3v) is 4.03. The minimum atomic E-state index is -0.351. The maximum absolute atomic E-state index is 12.3. The third-order valence-electron chi connectivity index (χ3n) is 4.03. The van der Waals surface area contributed by atoms with Crippen LogP contribution in [0.3, 0.4) is 0 Å². The van der Waals surface area contributed by atoms with E-state index in [1.165, 1.54) is 6.92 Å². The molecule has 0 spiro atoms. The summed E-state index contributed by atoms with van der Waals surface area (Å²) in [5.74, 6) is 0.525. The van der Waals surface area contributed by atoms with Crippen LogP contribution in [0.15, 0.2) is 52.9 Å². The molecule has 0 saturated heterocycles. The Balaban J connectivity index is 1.67. The first-order valence-corrected chi connectivity index (χ1v) is 8.36. The molecule has 1 heterocycles. The standard InChI is InChI=1S/C20H21N3O3/c1-12-8-9-16(11-17(12)22-14(3)24)23-20(25)21-13(2)19-10-15-6-4-5-7-18(15)26-19/h4-11,13H,1-3H3,(H,22,24)(H2,21,23,25)/t13-/m0/s1. The zero-order valence-electron chi connectivity index (χ0n) is 14.9. The fraction of sp³-hybridized carbons (Fsp3) is 0.200. The number of amides is 3. The molecular formula is C20H21N3O3. The normalized spacial score (nSPS) is 11.8. The lowest BCUT2D eigenvalue weighted by Crippen LogP contribution is -2.31. The molecule has 0 unspecified atom stereocenters. The zero-order chi connectivity index (χ0) is 18.7. The molecule has 6 nitrogen and oxygen atoms in total. The molecule has 134 valence electrons. The molecule has 0 aliphatic heterocycles. The van der Waals surface area contributed by atoms with Gasteiger partial charge in [-0.2, -0.15) is 0 Å². The molecular weight excluding hydrogens is 330 g/mol. The molecule has 0 aliphatic carbocycles. The Bertz CT molecular complexity index is 929. The van der Waals surface area contributed by atoms with Gasteiger partial charge in [-0.25, -0.2) is 4.79 Å². The molecule has 0 bridgehead atoms. The van der Waals surface area contributed by atoms with Crippen molar-refractivity contribution in [3.05, 3.63) is 59.9 Å². The lowest BCUT2D eigenvalue weighted by molar-refractivity contribution is -0.114. The second kappa shape index (κ2) is 7.31. The number of aryl methyl sites for hydroxylation is 1. The quantitative estimate of drug-likeness (QED) is 0.643. The van der Waals surface area contributed by atoms with E-state index < -0.39 is 0 Å². The van der Waals surface area contributed by atoms with Gasteiger partial charge in [0.15, 0.2) is 0 Å². The number of hydrogen-bond acceptors (Lipinski definition) is 3. The van der Waals surface area contributed by atoms with E-state index in [-0.39, 0.29) is 18.0 Å². The van der Waals surface area contributed by atoms with E-state index in [0.29, 0.717) is 17.1 Å². The largest absolute Gasteiger partial charge is 0.459 e. The number of para-hydroxylation sites is 1. The highest BCUT2D eigenvalue weighted by Gasteiger charge is 2.14. The number of benzene rings is 2. The molecule has 0 radical (unpaired) electrons. The summed E-state index contributed by atoms with van der Waals surface area (Å²) in [4.78, 5) is 23.5. The Labute approximate surface area is 151 Å². The molecule has 2 aromatic carbocycles. The van der Waals surface area contributed by atoms with Crippen LogP contribution in [-0.2, 0) is 4.79 Å². The van der Waals surface area contributed by atoms with Gasteiger partial charge in [-0.15, -0.1) is 0 Å². The first-order valence-electron chi connectivity index (χ1n) is 8.36. The number of carbonyl (C=O) groups is 2. The fourth-order valence-electron chi connectivity index (χ4n) is 2.67. The van der Waals surface area contributed by atoms with E-state index in [1.807, 2.05) is 50.2 Å². The maximum atomic E-state index is 12.3. The van der Waals surface area contributed by atoms with Crippen LogP contribution in [0.2, 0.25) is 0 Å². The number of hydrogen-bond donors (Lipinski definition) is 3. The highest BCUT2D eigenvalue weighted by molar-refractivity contribution is 5.93. The Morgan fingerprint density at radius 2 is 1.81 bits per heavy atom. The minimum absolute atomic E-state index is 0.159. The van der Waals surface area contributed by atoms with Gasteiger partial charge in [0, 0.05) is 23.7 Å². The zero-order valence-corrected chi connectivity index (χ0v) is 14.9. The number of carbonyl (C=O) groups excluding carboxylic acids is 2. The summed E-state index contributed by atoms with van der Waals surface area (Å²) in [6.45, 7) is 5.19. The summed E-state index contributed by atoms with van der Waals surface area (Å²) in [7, 11) is 0. The first kappa shape index (κ1) is 17.5. The Hall–Kier alpha value is -3.28. The van der Waals surface area contributed by atoms with Gasteiger partial charge in [-0.3, -0.25) is 4.79 Å². The number of rotatable bonds is 4. The van der Waals surface area contributed by atoms with Crippen LogP contribution in [0, 0.1) is 6.92 Å². The molecule has 3 N–H and O–H groups in total. The third kappa shape index (κ3) is 4.03. The molecule has 0 aliphatic rings. The van der Waals surface area contributed by atoms with E-state index in [4.69, 9.17) is 4.42 Å². The molecule has 0 saturated carbocycles. The van der Waals surface area contributed by atoms with Crippen LogP contribution < -0.4 is 16.0 Å². The fourth-order valence-corrected chi connectivity index (χ4v) is 2.67. The van der Waals surface area contributed by atoms with E-state index >= 15 is 0 Å². The van der Waals surface area contributed by atoms with Crippen LogP contribution in [0.5, 0.6) is 0 Å². The number of nitrogens with one attached hydrogen (secondary N) is 3. The van der Waals surface area contributed by atoms with Gasteiger partial charge in [0.25, 0.3) is 0 Å². The van der Waals surface area contributed by atoms with Crippen LogP contribution >= 0.6 is 0 Å². The van der Waals surface area contributed by atoms with Crippen LogP contribution in [0.1, 0.15) is 31.2 Å². The molecule has 1 atom stereocenters.